The van der Waals surface area contributed by atoms with Crippen molar-refractivity contribution >= 4 is 17.7 Å². The van der Waals surface area contributed by atoms with E-state index in [1.165, 1.54) is 0 Å². The molecule has 6 heteroatoms. The van der Waals surface area contributed by atoms with Crippen LogP contribution in [0.4, 0.5) is 0 Å². The highest BCUT2D eigenvalue weighted by atomic mass is 32.2. The summed E-state index contributed by atoms with van der Waals surface area (Å²) in [5, 5.41) is 6.62. The van der Waals surface area contributed by atoms with Gasteiger partial charge in [-0.1, -0.05) is 0 Å². The Labute approximate surface area is 114 Å². The number of rotatable bonds is 6. The molecule has 0 amide bonds. The topological polar surface area (TPSA) is 54.9 Å². The molecule has 0 aromatic heterocycles. The Hall–Kier alpha value is -0.460. The van der Waals surface area contributed by atoms with E-state index < -0.39 is 0 Å². The molecule has 0 radical (unpaired) electrons. The minimum absolute atomic E-state index is 0.116. The quantitative estimate of drug-likeness (QED) is 0.425. The maximum Gasteiger partial charge on any atom is 0.191 e. The minimum Gasteiger partial charge on any atom is -0.381 e. The first-order valence-electron chi connectivity index (χ1n) is 6.33. The van der Waals surface area contributed by atoms with Crippen LogP contribution in [0.1, 0.15) is 12.8 Å². The van der Waals surface area contributed by atoms with E-state index in [1.807, 2.05) is 11.8 Å². The maximum absolute atomic E-state index is 5.67. The van der Waals surface area contributed by atoms with Crippen molar-refractivity contribution in [3.05, 3.63) is 0 Å². The van der Waals surface area contributed by atoms with Crippen molar-refractivity contribution in [3.8, 4) is 0 Å². The standard InChI is InChI=1S/C12H25N3O2S/c1-13-11(14-6-9-18-3)15-10-12(16-2)4-7-17-8-5-12/h4-10H2,1-3H3,(H2,13,14,15). The zero-order chi connectivity index (χ0) is 13.3. The van der Waals surface area contributed by atoms with Crippen LogP contribution >= 0.6 is 11.8 Å². The van der Waals surface area contributed by atoms with Gasteiger partial charge in [0.15, 0.2) is 5.96 Å². The van der Waals surface area contributed by atoms with E-state index in [9.17, 15) is 0 Å². The number of ether oxygens (including phenoxy) is 2. The van der Waals surface area contributed by atoms with Gasteiger partial charge in [-0.25, -0.2) is 0 Å². The molecule has 1 rings (SSSR count). The number of thioether (sulfide) groups is 1. The van der Waals surface area contributed by atoms with Gasteiger partial charge in [0, 0.05) is 59.1 Å². The fourth-order valence-corrected chi connectivity index (χ4v) is 2.24. The number of hydrogen-bond donors (Lipinski definition) is 2. The highest BCUT2D eigenvalue weighted by molar-refractivity contribution is 7.98. The van der Waals surface area contributed by atoms with Gasteiger partial charge < -0.3 is 20.1 Å². The molecule has 0 aromatic carbocycles. The third kappa shape index (κ3) is 5.04. The molecule has 1 aliphatic heterocycles. The third-order valence-electron chi connectivity index (χ3n) is 3.24. The molecular formula is C12H25N3O2S. The molecule has 0 bridgehead atoms. The molecule has 18 heavy (non-hydrogen) atoms. The lowest BCUT2D eigenvalue weighted by Crippen LogP contribution is -2.51. The van der Waals surface area contributed by atoms with Gasteiger partial charge in [0.1, 0.15) is 0 Å². The number of nitrogens with zero attached hydrogens (tertiary/aromatic N) is 1. The summed E-state index contributed by atoms with van der Waals surface area (Å²) in [5.74, 6) is 1.91. The highest BCUT2D eigenvalue weighted by Crippen LogP contribution is 2.23. The Morgan fingerprint density at radius 2 is 2.11 bits per heavy atom. The molecule has 106 valence electrons. The molecule has 1 aliphatic rings. The van der Waals surface area contributed by atoms with Crippen LogP contribution in [0.15, 0.2) is 4.99 Å². The SMILES string of the molecule is CN=C(NCCSC)NCC1(OC)CCOCC1. The second kappa shape index (κ2) is 8.61. The molecule has 1 heterocycles. The Morgan fingerprint density at radius 3 is 2.67 bits per heavy atom. The molecule has 0 unspecified atom stereocenters. The van der Waals surface area contributed by atoms with Gasteiger partial charge in [0.2, 0.25) is 0 Å². The van der Waals surface area contributed by atoms with Gasteiger partial charge in [-0.05, 0) is 6.26 Å². The predicted molar refractivity (Wildman–Crippen MR) is 77.5 cm³/mol. The summed E-state index contributed by atoms with van der Waals surface area (Å²) < 4.78 is 11.1. The van der Waals surface area contributed by atoms with Gasteiger partial charge in [-0.15, -0.1) is 0 Å². The summed E-state index contributed by atoms with van der Waals surface area (Å²) in [5.41, 5.74) is -0.116. The van der Waals surface area contributed by atoms with Gasteiger partial charge in [0.25, 0.3) is 0 Å². The van der Waals surface area contributed by atoms with Crippen molar-refractivity contribution in [3.63, 3.8) is 0 Å². The molecule has 0 saturated carbocycles. The fourth-order valence-electron chi connectivity index (χ4n) is 1.93. The zero-order valence-electron chi connectivity index (χ0n) is 11.6. The largest absolute Gasteiger partial charge is 0.381 e. The average Bonchev–Trinajstić information content (AvgIpc) is 2.43. The van der Waals surface area contributed by atoms with Crippen LogP contribution in [-0.2, 0) is 9.47 Å². The number of guanidine groups is 1. The second-order valence-electron chi connectivity index (χ2n) is 4.34. The smallest absolute Gasteiger partial charge is 0.191 e. The molecule has 5 nitrogen and oxygen atoms in total. The Kier molecular flexibility index (Phi) is 7.46. The van der Waals surface area contributed by atoms with Crippen LogP contribution in [0.3, 0.4) is 0 Å². The van der Waals surface area contributed by atoms with E-state index >= 15 is 0 Å². The first-order valence-corrected chi connectivity index (χ1v) is 7.72. The van der Waals surface area contributed by atoms with Crippen molar-refractivity contribution in [1.82, 2.24) is 10.6 Å². The number of methoxy groups -OCH3 is 1. The molecule has 2 N–H and O–H groups in total. The number of hydrogen-bond acceptors (Lipinski definition) is 4. The summed E-state index contributed by atoms with van der Waals surface area (Å²) in [4.78, 5) is 4.21. The Bertz CT molecular complexity index is 256. The van der Waals surface area contributed by atoms with Crippen molar-refractivity contribution in [1.29, 1.82) is 0 Å². The fraction of sp³-hybridized carbons (Fsp3) is 0.917. The summed E-state index contributed by atoms with van der Waals surface area (Å²) >= 11 is 1.82. The summed E-state index contributed by atoms with van der Waals surface area (Å²) in [7, 11) is 3.56. The van der Waals surface area contributed by atoms with E-state index in [1.54, 1.807) is 14.2 Å². The van der Waals surface area contributed by atoms with Gasteiger partial charge in [0.05, 0.1) is 5.60 Å². The molecule has 0 atom stereocenters. The van der Waals surface area contributed by atoms with Gasteiger partial charge >= 0.3 is 0 Å². The number of aliphatic imine (C=N–C) groups is 1. The van der Waals surface area contributed by atoms with Crippen LogP contribution in [0.25, 0.3) is 0 Å². The molecule has 1 saturated heterocycles. The van der Waals surface area contributed by atoms with Crippen molar-refractivity contribution in [2.24, 2.45) is 4.99 Å². The molecule has 0 spiro atoms. The molecule has 0 aromatic rings. The van der Waals surface area contributed by atoms with Gasteiger partial charge in [-0.3, -0.25) is 4.99 Å². The van der Waals surface area contributed by atoms with E-state index in [0.717, 1.165) is 50.9 Å². The lowest BCUT2D eigenvalue weighted by Gasteiger charge is -2.36. The normalized spacial score (nSPS) is 19.6. The first-order chi connectivity index (χ1) is 8.76. The Balaban J connectivity index is 2.35. The molecule has 0 aliphatic carbocycles. The molecule has 1 fully saturated rings. The second-order valence-corrected chi connectivity index (χ2v) is 5.33. The van der Waals surface area contributed by atoms with Crippen molar-refractivity contribution in [2.45, 2.75) is 18.4 Å². The first kappa shape index (κ1) is 15.6. The maximum atomic E-state index is 5.67. The number of nitrogens with one attached hydrogen (secondary N) is 2. The molecular weight excluding hydrogens is 250 g/mol. The van der Waals surface area contributed by atoms with Crippen LogP contribution in [-0.4, -0.2) is 64.0 Å². The van der Waals surface area contributed by atoms with E-state index in [2.05, 4.69) is 21.9 Å². The van der Waals surface area contributed by atoms with E-state index in [0.29, 0.717) is 0 Å². The summed E-state index contributed by atoms with van der Waals surface area (Å²) in [6, 6.07) is 0. The van der Waals surface area contributed by atoms with E-state index in [4.69, 9.17) is 9.47 Å². The lowest BCUT2D eigenvalue weighted by atomic mass is 9.94. The monoisotopic (exact) mass is 275 g/mol. The van der Waals surface area contributed by atoms with E-state index in [-0.39, 0.29) is 5.60 Å². The van der Waals surface area contributed by atoms with Crippen LogP contribution in [0, 0.1) is 0 Å². The predicted octanol–water partition coefficient (Wildman–Crippen LogP) is 0.710. The van der Waals surface area contributed by atoms with Crippen molar-refractivity contribution < 1.29 is 9.47 Å². The summed E-state index contributed by atoms with van der Waals surface area (Å²) in [6.45, 7) is 3.23. The average molecular weight is 275 g/mol. The minimum atomic E-state index is -0.116. The highest BCUT2D eigenvalue weighted by Gasteiger charge is 2.32. The third-order valence-corrected chi connectivity index (χ3v) is 3.85. The van der Waals surface area contributed by atoms with Crippen LogP contribution < -0.4 is 10.6 Å². The van der Waals surface area contributed by atoms with Crippen LogP contribution in [0.5, 0.6) is 0 Å². The summed E-state index contributed by atoms with van der Waals surface area (Å²) in [6.07, 6.45) is 3.95. The lowest BCUT2D eigenvalue weighted by molar-refractivity contribution is -0.0855. The zero-order valence-corrected chi connectivity index (χ0v) is 12.4. The van der Waals surface area contributed by atoms with Crippen molar-refractivity contribution in [2.75, 3.05) is 52.5 Å². The Morgan fingerprint density at radius 1 is 1.39 bits per heavy atom. The van der Waals surface area contributed by atoms with Gasteiger partial charge in [-0.2, -0.15) is 11.8 Å². The van der Waals surface area contributed by atoms with Crippen LogP contribution in [0.2, 0.25) is 0 Å².